The fraction of sp³-hybridized carbons (Fsp3) is 0.192. The van der Waals surface area contributed by atoms with E-state index in [0.29, 0.717) is 11.4 Å². The third-order valence-corrected chi connectivity index (χ3v) is 7.11. The van der Waals surface area contributed by atoms with E-state index >= 15 is 0 Å². The standard InChI is InChI=1S/C26H21N5O5/c27-26-29-23-19(24(35)30-26)28-22(31(23)25-21(34)20(33)16(10-32)36-25)15-9-7-13-5-4-11-2-1-3-12-6-8-14(15)18(13)17(11)12/h1-9,16,20-21,25,32-34H,10H2,(H3,27,29,30,35)/t16-,20-,21-,25-/m1/s1. The first-order chi connectivity index (χ1) is 17.5. The number of ether oxygens (including phenoxy) is 1. The summed E-state index contributed by atoms with van der Waals surface area (Å²) in [5.74, 6) is 0.198. The molecular formula is C26H21N5O5. The number of nitrogen functional groups attached to an aromatic ring is 1. The summed E-state index contributed by atoms with van der Waals surface area (Å²) in [5, 5.41) is 37.3. The van der Waals surface area contributed by atoms with Gasteiger partial charge in [-0.05, 0) is 32.3 Å². The first kappa shape index (κ1) is 21.2. The highest BCUT2D eigenvalue weighted by molar-refractivity contribution is 6.25. The molecule has 180 valence electrons. The van der Waals surface area contributed by atoms with Gasteiger partial charge in [0.05, 0.1) is 6.61 Å². The predicted molar refractivity (Wildman–Crippen MR) is 135 cm³/mol. The van der Waals surface area contributed by atoms with Crippen LogP contribution in [0, 0.1) is 0 Å². The normalized spacial score (nSPS) is 22.5. The van der Waals surface area contributed by atoms with Crippen molar-refractivity contribution in [3.8, 4) is 11.4 Å². The van der Waals surface area contributed by atoms with Crippen molar-refractivity contribution in [2.24, 2.45) is 0 Å². The minimum Gasteiger partial charge on any atom is -0.394 e. The molecule has 1 aliphatic rings. The van der Waals surface area contributed by atoms with E-state index in [4.69, 9.17) is 10.5 Å². The van der Waals surface area contributed by atoms with Crippen LogP contribution in [0.1, 0.15) is 6.23 Å². The molecule has 10 nitrogen and oxygen atoms in total. The summed E-state index contributed by atoms with van der Waals surface area (Å²) in [7, 11) is 0. The molecule has 7 rings (SSSR count). The largest absolute Gasteiger partial charge is 0.394 e. The van der Waals surface area contributed by atoms with Crippen LogP contribution in [0.5, 0.6) is 0 Å². The van der Waals surface area contributed by atoms with E-state index in [2.05, 4.69) is 39.2 Å². The van der Waals surface area contributed by atoms with Gasteiger partial charge in [0.1, 0.15) is 24.1 Å². The van der Waals surface area contributed by atoms with Crippen LogP contribution in [-0.4, -0.2) is 59.8 Å². The Bertz CT molecular complexity index is 1850. The zero-order valence-electron chi connectivity index (χ0n) is 18.8. The molecule has 0 amide bonds. The minimum atomic E-state index is -1.40. The second-order valence-electron chi connectivity index (χ2n) is 9.13. The molecule has 1 fully saturated rings. The van der Waals surface area contributed by atoms with Gasteiger partial charge in [0.2, 0.25) is 5.95 Å². The quantitative estimate of drug-likeness (QED) is 0.239. The maximum Gasteiger partial charge on any atom is 0.280 e. The molecule has 4 atom stereocenters. The van der Waals surface area contributed by atoms with Gasteiger partial charge >= 0.3 is 0 Å². The number of rotatable bonds is 3. The van der Waals surface area contributed by atoms with Crippen LogP contribution < -0.4 is 11.3 Å². The van der Waals surface area contributed by atoms with Crippen molar-refractivity contribution in [1.29, 1.82) is 0 Å². The third kappa shape index (κ3) is 2.78. The van der Waals surface area contributed by atoms with Gasteiger partial charge in [0.15, 0.2) is 17.4 Å². The van der Waals surface area contributed by atoms with E-state index < -0.39 is 36.7 Å². The van der Waals surface area contributed by atoms with Crippen LogP contribution in [0.2, 0.25) is 0 Å². The minimum absolute atomic E-state index is 0.0163. The Kier molecular flexibility index (Phi) is 4.39. The second-order valence-corrected chi connectivity index (χ2v) is 9.13. The molecule has 0 spiro atoms. The topological polar surface area (TPSA) is 160 Å². The van der Waals surface area contributed by atoms with Crippen molar-refractivity contribution in [2.45, 2.75) is 24.5 Å². The molecule has 0 unspecified atom stereocenters. The fourth-order valence-electron chi connectivity index (χ4n) is 5.46. The fourth-order valence-corrected chi connectivity index (χ4v) is 5.46. The summed E-state index contributed by atoms with van der Waals surface area (Å²) in [6.45, 7) is -0.494. The van der Waals surface area contributed by atoms with Crippen LogP contribution in [0.4, 0.5) is 5.95 Å². The Balaban J connectivity index is 1.58. The average Bonchev–Trinajstić information content (AvgIpc) is 3.39. The summed E-state index contributed by atoms with van der Waals surface area (Å²) < 4.78 is 7.32. The predicted octanol–water partition coefficient (Wildman–Crippen LogP) is 1.88. The Morgan fingerprint density at radius 3 is 2.36 bits per heavy atom. The maximum atomic E-state index is 12.8. The van der Waals surface area contributed by atoms with E-state index in [1.165, 1.54) is 4.57 Å². The number of nitrogens with one attached hydrogen (secondary N) is 1. The van der Waals surface area contributed by atoms with Crippen LogP contribution in [0.3, 0.4) is 0 Å². The third-order valence-electron chi connectivity index (χ3n) is 7.11. The maximum absolute atomic E-state index is 12.8. The number of nitrogens with two attached hydrogens (primary N) is 1. The lowest BCUT2D eigenvalue weighted by Gasteiger charge is -2.20. The zero-order chi connectivity index (χ0) is 24.7. The van der Waals surface area contributed by atoms with Crippen molar-refractivity contribution in [3.05, 3.63) is 65.0 Å². The van der Waals surface area contributed by atoms with Crippen LogP contribution in [0.25, 0.3) is 54.9 Å². The van der Waals surface area contributed by atoms with Gasteiger partial charge in [-0.25, -0.2) is 4.98 Å². The lowest BCUT2D eigenvalue weighted by atomic mass is 9.92. The number of aromatic amines is 1. The van der Waals surface area contributed by atoms with E-state index in [-0.39, 0.29) is 17.1 Å². The molecule has 0 bridgehead atoms. The van der Waals surface area contributed by atoms with Crippen molar-refractivity contribution in [1.82, 2.24) is 19.5 Å². The molecule has 3 heterocycles. The molecule has 2 aromatic heterocycles. The smallest absolute Gasteiger partial charge is 0.280 e. The van der Waals surface area contributed by atoms with E-state index in [9.17, 15) is 20.1 Å². The van der Waals surface area contributed by atoms with Gasteiger partial charge in [-0.1, -0.05) is 54.6 Å². The average molecular weight is 483 g/mol. The van der Waals surface area contributed by atoms with Crippen LogP contribution in [0.15, 0.2) is 59.4 Å². The molecular weight excluding hydrogens is 462 g/mol. The monoisotopic (exact) mass is 483 g/mol. The molecule has 4 aromatic carbocycles. The lowest BCUT2D eigenvalue weighted by molar-refractivity contribution is -0.0503. The summed E-state index contributed by atoms with van der Waals surface area (Å²) in [6, 6.07) is 18.2. The highest BCUT2D eigenvalue weighted by atomic mass is 16.6. The number of aliphatic hydroxyl groups excluding tert-OH is 3. The van der Waals surface area contributed by atoms with Gasteiger partial charge < -0.3 is 25.8 Å². The van der Waals surface area contributed by atoms with Crippen molar-refractivity contribution in [3.63, 3.8) is 0 Å². The van der Waals surface area contributed by atoms with E-state index in [0.717, 1.165) is 32.3 Å². The number of anilines is 1. The Morgan fingerprint density at radius 1 is 0.944 bits per heavy atom. The highest BCUT2D eigenvalue weighted by Gasteiger charge is 2.45. The molecule has 10 heteroatoms. The first-order valence-electron chi connectivity index (χ1n) is 11.5. The van der Waals surface area contributed by atoms with Gasteiger partial charge in [0, 0.05) is 5.56 Å². The van der Waals surface area contributed by atoms with Gasteiger partial charge in [-0.2, -0.15) is 4.98 Å². The van der Waals surface area contributed by atoms with Crippen molar-refractivity contribution < 1.29 is 20.1 Å². The molecule has 0 saturated carbocycles. The highest BCUT2D eigenvalue weighted by Crippen LogP contribution is 2.41. The summed E-state index contributed by atoms with van der Waals surface area (Å²) >= 11 is 0. The van der Waals surface area contributed by atoms with Crippen molar-refractivity contribution >= 4 is 49.4 Å². The van der Waals surface area contributed by atoms with E-state index in [1.54, 1.807) is 0 Å². The molecule has 0 aliphatic carbocycles. The SMILES string of the molecule is Nc1nc2c(nc(-c3ccc4ccc5cccc6ccc3c4c56)n2[C@@H]2O[C@H](CO)[C@@H](O)[C@H]2O)c(=O)[nH]1. The Labute approximate surface area is 202 Å². The lowest BCUT2D eigenvalue weighted by Crippen LogP contribution is -2.33. The Morgan fingerprint density at radius 2 is 1.64 bits per heavy atom. The molecule has 6 N–H and O–H groups in total. The number of aromatic nitrogens is 4. The number of fused-ring (bicyclic) bond motifs is 1. The van der Waals surface area contributed by atoms with Crippen molar-refractivity contribution in [2.75, 3.05) is 12.3 Å². The zero-order valence-corrected chi connectivity index (χ0v) is 18.8. The molecule has 6 aromatic rings. The van der Waals surface area contributed by atoms with Gasteiger partial charge in [0.25, 0.3) is 5.56 Å². The van der Waals surface area contributed by atoms with Crippen LogP contribution in [-0.2, 0) is 4.74 Å². The Hall–Kier alpha value is -4.09. The first-order valence-corrected chi connectivity index (χ1v) is 11.5. The molecule has 1 saturated heterocycles. The summed E-state index contributed by atoms with van der Waals surface area (Å²) in [5.41, 5.74) is 6.11. The van der Waals surface area contributed by atoms with Crippen LogP contribution >= 0.6 is 0 Å². The van der Waals surface area contributed by atoms with Gasteiger partial charge in [-0.3, -0.25) is 14.3 Å². The summed E-state index contributed by atoms with van der Waals surface area (Å²) in [4.78, 5) is 24.1. The molecule has 0 radical (unpaired) electrons. The number of imidazole rings is 1. The number of nitrogens with zero attached hydrogens (tertiary/aromatic N) is 3. The van der Waals surface area contributed by atoms with E-state index in [1.807, 2.05) is 30.3 Å². The number of aliphatic hydroxyl groups is 3. The number of hydrogen-bond acceptors (Lipinski definition) is 8. The number of benzene rings is 4. The van der Waals surface area contributed by atoms with Gasteiger partial charge in [-0.15, -0.1) is 0 Å². The summed E-state index contributed by atoms with van der Waals surface area (Å²) in [6.07, 6.45) is -4.92. The molecule has 36 heavy (non-hydrogen) atoms. The molecule has 1 aliphatic heterocycles. The number of hydrogen-bond donors (Lipinski definition) is 5. The second kappa shape index (κ2) is 7.45. The number of H-pyrrole nitrogens is 1.